The van der Waals surface area contributed by atoms with Crippen LogP contribution >= 0.6 is 0 Å². The molecule has 0 aliphatic rings. The van der Waals surface area contributed by atoms with E-state index in [1.807, 2.05) is 0 Å². The molecule has 0 aliphatic carbocycles. The van der Waals surface area contributed by atoms with Gasteiger partial charge in [-0.25, -0.2) is 10.1 Å². The summed E-state index contributed by atoms with van der Waals surface area (Å²) in [7, 11) is 0. The van der Waals surface area contributed by atoms with Gasteiger partial charge >= 0.3 is 0 Å². The number of aromatic nitrogens is 4. The number of tetrazole rings is 1. The molecule has 1 heterocycles. The maximum Gasteiger partial charge on any atom is 0.271 e. The first-order valence-corrected chi connectivity index (χ1v) is 7.47. The zero-order valence-electron chi connectivity index (χ0n) is 13.6. The molecular weight excluding hydrogens is 338 g/mol. The highest BCUT2D eigenvalue weighted by molar-refractivity contribution is 6.01. The Morgan fingerprint density at radius 2 is 1.96 bits per heavy atom. The lowest BCUT2D eigenvalue weighted by molar-refractivity contribution is -0.384. The number of nitrogens with zero attached hydrogens (tertiary/aromatic N) is 6. The fraction of sp³-hybridized carbons (Fsp3) is 0.0625. The third-order valence-electron chi connectivity index (χ3n) is 3.54. The van der Waals surface area contributed by atoms with Gasteiger partial charge in [-0.3, -0.25) is 14.9 Å². The average molecular weight is 351 g/mol. The lowest BCUT2D eigenvalue weighted by atomic mass is 10.1. The minimum atomic E-state index is -0.485. The third kappa shape index (κ3) is 3.75. The summed E-state index contributed by atoms with van der Waals surface area (Å²) in [6.07, 6.45) is 1.45. The summed E-state index contributed by atoms with van der Waals surface area (Å²) in [6.45, 7) is 1.65. The summed E-state index contributed by atoms with van der Waals surface area (Å²) >= 11 is 0. The van der Waals surface area contributed by atoms with Crippen LogP contribution in [-0.2, 0) is 0 Å². The number of amides is 1. The molecule has 130 valence electrons. The fourth-order valence-electron chi connectivity index (χ4n) is 2.15. The van der Waals surface area contributed by atoms with E-state index in [-0.39, 0.29) is 5.69 Å². The number of nitrogens with one attached hydrogen (secondary N) is 1. The van der Waals surface area contributed by atoms with Crippen LogP contribution in [0.5, 0.6) is 0 Å². The highest BCUT2D eigenvalue weighted by Gasteiger charge is 2.09. The molecule has 0 fully saturated rings. The number of rotatable bonds is 5. The Morgan fingerprint density at radius 3 is 2.62 bits per heavy atom. The maximum absolute atomic E-state index is 12.2. The Hall–Kier alpha value is -3.95. The van der Waals surface area contributed by atoms with E-state index in [4.69, 9.17) is 0 Å². The zero-order valence-corrected chi connectivity index (χ0v) is 13.6. The van der Waals surface area contributed by atoms with Crippen LogP contribution in [0.25, 0.3) is 5.69 Å². The summed E-state index contributed by atoms with van der Waals surface area (Å²) in [5.74, 6) is -0.405. The van der Waals surface area contributed by atoms with Crippen LogP contribution in [0.1, 0.15) is 22.8 Å². The van der Waals surface area contributed by atoms with Crippen molar-refractivity contribution < 1.29 is 9.72 Å². The van der Waals surface area contributed by atoms with Crippen LogP contribution in [0, 0.1) is 10.1 Å². The molecule has 10 nitrogen and oxygen atoms in total. The molecule has 0 spiro atoms. The lowest BCUT2D eigenvalue weighted by Gasteiger charge is -2.04. The molecular formula is C16H13N7O3. The van der Waals surface area contributed by atoms with Gasteiger partial charge in [0, 0.05) is 23.3 Å². The van der Waals surface area contributed by atoms with E-state index in [0.717, 1.165) is 0 Å². The number of carbonyl (C=O) groups excluding carboxylic acids is 1. The van der Waals surface area contributed by atoms with Gasteiger partial charge in [-0.15, -0.1) is 5.10 Å². The van der Waals surface area contributed by atoms with Crippen LogP contribution in [0.15, 0.2) is 60.0 Å². The second-order valence-corrected chi connectivity index (χ2v) is 5.25. The number of carbonyl (C=O) groups is 1. The fourth-order valence-corrected chi connectivity index (χ4v) is 2.15. The van der Waals surface area contributed by atoms with Gasteiger partial charge in [0.1, 0.15) is 6.33 Å². The largest absolute Gasteiger partial charge is 0.271 e. The summed E-state index contributed by atoms with van der Waals surface area (Å²) in [5.41, 5.74) is 4.50. The van der Waals surface area contributed by atoms with E-state index in [2.05, 4.69) is 26.1 Å². The quantitative estimate of drug-likeness (QED) is 0.423. The molecule has 1 amide bonds. The second-order valence-electron chi connectivity index (χ2n) is 5.25. The highest BCUT2D eigenvalue weighted by atomic mass is 16.6. The first-order valence-electron chi connectivity index (χ1n) is 7.47. The van der Waals surface area contributed by atoms with Gasteiger partial charge in [-0.1, -0.05) is 12.1 Å². The molecule has 0 unspecified atom stereocenters. The van der Waals surface area contributed by atoms with Crippen molar-refractivity contribution in [3.05, 3.63) is 76.1 Å². The maximum atomic E-state index is 12.2. The summed E-state index contributed by atoms with van der Waals surface area (Å²) < 4.78 is 1.46. The van der Waals surface area contributed by atoms with Crippen molar-refractivity contribution in [2.75, 3.05) is 0 Å². The summed E-state index contributed by atoms with van der Waals surface area (Å²) in [6, 6.07) is 12.7. The highest BCUT2D eigenvalue weighted by Crippen LogP contribution is 2.14. The Kier molecular flexibility index (Phi) is 4.74. The number of non-ortho nitro benzene ring substituents is 1. The van der Waals surface area contributed by atoms with E-state index < -0.39 is 10.8 Å². The number of hydrogen-bond donors (Lipinski definition) is 1. The van der Waals surface area contributed by atoms with E-state index in [0.29, 0.717) is 22.5 Å². The SMILES string of the molecule is C/C(=N\NC(=O)c1ccc(-n2cnnn2)cc1)c1cccc([N+](=O)[O-])c1. The van der Waals surface area contributed by atoms with E-state index >= 15 is 0 Å². The number of benzene rings is 2. The monoisotopic (exact) mass is 351 g/mol. The molecule has 0 atom stereocenters. The van der Waals surface area contributed by atoms with Gasteiger partial charge in [0.25, 0.3) is 11.6 Å². The molecule has 3 rings (SSSR count). The van der Waals surface area contributed by atoms with Crippen LogP contribution in [0.2, 0.25) is 0 Å². The first-order chi connectivity index (χ1) is 12.5. The van der Waals surface area contributed by atoms with E-state index in [1.54, 1.807) is 43.3 Å². The molecule has 1 aromatic heterocycles. The molecule has 3 aromatic rings. The van der Waals surface area contributed by atoms with Gasteiger partial charge in [0.2, 0.25) is 0 Å². The minimum Gasteiger partial charge on any atom is -0.267 e. The Labute approximate surface area is 147 Å². The third-order valence-corrected chi connectivity index (χ3v) is 3.54. The molecule has 0 radical (unpaired) electrons. The minimum absolute atomic E-state index is 0.0402. The molecule has 1 N–H and O–H groups in total. The Balaban J connectivity index is 1.70. The van der Waals surface area contributed by atoms with Crippen molar-refractivity contribution in [1.82, 2.24) is 25.6 Å². The van der Waals surface area contributed by atoms with Gasteiger partial charge < -0.3 is 0 Å². The Morgan fingerprint density at radius 1 is 1.19 bits per heavy atom. The molecule has 0 saturated carbocycles. The average Bonchev–Trinajstić information content (AvgIpc) is 3.21. The van der Waals surface area contributed by atoms with Gasteiger partial charge in [0.05, 0.1) is 16.3 Å². The van der Waals surface area contributed by atoms with Crippen molar-refractivity contribution in [2.24, 2.45) is 5.10 Å². The van der Waals surface area contributed by atoms with Gasteiger partial charge in [-0.2, -0.15) is 5.10 Å². The topological polar surface area (TPSA) is 128 Å². The zero-order chi connectivity index (χ0) is 18.5. The van der Waals surface area contributed by atoms with Gasteiger partial charge in [0.15, 0.2) is 0 Å². The standard InChI is InChI=1S/C16H13N7O3/c1-11(13-3-2-4-15(9-13)23(25)26)18-19-16(24)12-5-7-14(8-6-12)22-10-17-20-21-22/h2-10H,1H3,(H,19,24)/b18-11+. The van der Waals surface area contributed by atoms with Crippen LogP contribution in [-0.4, -0.2) is 36.7 Å². The molecule has 2 aromatic carbocycles. The summed E-state index contributed by atoms with van der Waals surface area (Å²) in [4.78, 5) is 22.5. The molecule has 10 heteroatoms. The number of nitro groups is 1. The van der Waals surface area contributed by atoms with Crippen LogP contribution in [0.4, 0.5) is 5.69 Å². The van der Waals surface area contributed by atoms with Crippen LogP contribution < -0.4 is 5.43 Å². The molecule has 0 bridgehead atoms. The smallest absolute Gasteiger partial charge is 0.267 e. The van der Waals surface area contributed by atoms with Crippen molar-refractivity contribution in [3.63, 3.8) is 0 Å². The first kappa shape index (κ1) is 16.9. The summed E-state index contributed by atoms with van der Waals surface area (Å²) in [5, 5.41) is 25.7. The van der Waals surface area contributed by atoms with Crippen molar-refractivity contribution >= 4 is 17.3 Å². The Bertz CT molecular complexity index is 966. The van der Waals surface area contributed by atoms with E-state index in [9.17, 15) is 14.9 Å². The number of hydrazone groups is 1. The molecule has 26 heavy (non-hydrogen) atoms. The normalized spacial score (nSPS) is 11.2. The van der Waals surface area contributed by atoms with Crippen molar-refractivity contribution in [3.8, 4) is 5.69 Å². The van der Waals surface area contributed by atoms with E-state index in [1.165, 1.54) is 23.1 Å². The second kappa shape index (κ2) is 7.30. The van der Waals surface area contributed by atoms with Crippen molar-refractivity contribution in [1.29, 1.82) is 0 Å². The molecule has 0 aliphatic heterocycles. The molecule has 0 saturated heterocycles. The number of hydrogen-bond acceptors (Lipinski definition) is 7. The van der Waals surface area contributed by atoms with Crippen molar-refractivity contribution in [2.45, 2.75) is 6.92 Å². The predicted octanol–water partition coefficient (Wildman–Crippen LogP) is 1.72. The lowest BCUT2D eigenvalue weighted by Crippen LogP contribution is -2.19. The predicted molar refractivity (Wildman–Crippen MR) is 91.9 cm³/mol. The van der Waals surface area contributed by atoms with Gasteiger partial charge in [-0.05, 0) is 41.6 Å². The van der Waals surface area contributed by atoms with Crippen LogP contribution in [0.3, 0.4) is 0 Å². The number of nitro benzene ring substituents is 1.